The van der Waals surface area contributed by atoms with Gasteiger partial charge in [-0.05, 0) is 29.7 Å². The Morgan fingerprint density at radius 3 is 2.50 bits per heavy atom. The molecule has 2 aromatic rings. The fourth-order valence-corrected chi connectivity index (χ4v) is 2.81. The molecule has 5 nitrogen and oxygen atoms in total. The van der Waals surface area contributed by atoms with Crippen molar-refractivity contribution in [2.75, 3.05) is 20.3 Å². The number of carbonyl (C=O) groups is 1. The van der Waals surface area contributed by atoms with E-state index in [-0.39, 0.29) is 18.7 Å². The molecule has 0 aliphatic carbocycles. The largest absolute Gasteiger partial charge is 0.391 e. The Balaban J connectivity index is 2.07. The predicted octanol–water partition coefficient (Wildman–Crippen LogP) is 3.78. The molecule has 0 aromatic heterocycles. The molecule has 2 unspecified atom stereocenters. The minimum absolute atomic E-state index is 0.235. The van der Waals surface area contributed by atoms with Crippen LogP contribution in [-0.4, -0.2) is 37.5 Å². The number of amides is 2. The fourth-order valence-electron chi connectivity index (χ4n) is 2.51. The summed E-state index contributed by atoms with van der Waals surface area (Å²) in [4.78, 5) is 12.3. The van der Waals surface area contributed by atoms with Gasteiger partial charge in [-0.15, -0.1) is 0 Å². The van der Waals surface area contributed by atoms with Crippen LogP contribution in [0.2, 0.25) is 10.0 Å². The number of methoxy groups -OCH3 is 1. The van der Waals surface area contributed by atoms with E-state index in [1.165, 1.54) is 7.11 Å². The van der Waals surface area contributed by atoms with Crippen LogP contribution in [0.5, 0.6) is 0 Å². The maximum atomic E-state index is 12.3. The van der Waals surface area contributed by atoms with Crippen molar-refractivity contribution >= 4 is 29.2 Å². The van der Waals surface area contributed by atoms with E-state index in [1.54, 1.807) is 12.1 Å². The lowest BCUT2D eigenvalue weighted by Crippen LogP contribution is -2.39. The van der Waals surface area contributed by atoms with E-state index in [2.05, 4.69) is 10.6 Å². The molecule has 140 valence electrons. The minimum atomic E-state index is -0.611. The smallest absolute Gasteiger partial charge is 0.315 e. The van der Waals surface area contributed by atoms with Gasteiger partial charge in [-0.2, -0.15) is 0 Å². The Morgan fingerprint density at radius 1 is 1.12 bits per heavy atom. The summed E-state index contributed by atoms with van der Waals surface area (Å²) in [6.07, 6.45) is -0.204. The number of aliphatic hydroxyl groups excluding tert-OH is 1. The lowest BCUT2D eigenvalue weighted by molar-refractivity contribution is 0.0598. The van der Waals surface area contributed by atoms with Crippen molar-refractivity contribution in [3.8, 4) is 0 Å². The molecule has 26 heavy (non-hydrogen) atoms. The van der Waals surface area contributed by atoms with Gasteiger partial charge in [-0.1, -0.05) is 59.6 Å². The molecule has 0 saturated carbocycles. The molecule has 0 bridgehead atoms. The van der Waals surface area contributed by atoms with Crippen molar-refractivity contribution < 1.29 is 14.6 Å². The molecular formula is C19H22Cl2N2O3. The van der Waals surface area contributed by atoms with E-state index in [0.29, 0.717) is 23.0 Å². The van der Waals surface area contributed by atoms with Crippen LogP contribution >= 0.6 is 23.2 Å². The topological polar surface area (TPSA) is 70.6 Å². The highest BCUT2D eigenvalue weighted by molar-refractivity contribution is 6.42. The van der Waals surface area contributed by atoms with Crippen molar-refractivity contribution in [2.24, 2.45) is 0 Å². The molecule has 0 saturated heterocycles. The number of benzene rings is 2. The number of halogens is 2. The predicted molar refractivity (Wildman–Crippen MR) is 104 cm³/mol. The fraction of sp³-hybridized carbons (Fsp3) is 0.316. The van der Waals surface area contributed by atoms with Crippen molar-refractivity contribution in [3.63, 3.8) is 0 Å². The maximum absolute atomic E-state index is 12.3. The van der Waals surface area contributed by atoms with Crippen LogP contribution in [0.3, 0.4) is 0 Å². The number of hydrogen-bond donors (Lipinski definition) is 3. The van der Waals surface area contributed by atoms with Gasteiger partial charge in [0.05, 0.1) is 28.8 Å². The third-order valence-corrected chi connectivity index (χ3v) is 4.55. The van der Waals surface area contributed by atoms with Gasteiger partial charge in [-0.25, -0.2) is 4.79 Å². The molecule has 2 amide bonds. The Bertz CT molecular complexity index is 713. The van der Waals surface area contributed by atoms with E-state index >= 15 is 0 Å². The van der Waals surface area contributed by atoms with Crippen LogP contribution in [0.25, 0.3) is 0 Å². The van der Waals surface area contributed by atoms with Crippen LogP contribution in [0.4, 0.5) is 4.79 Å². The van der Waals surface area contributed by atoms with Gasteiger partial charge in [0.25, 0.3) is 0 Å². The standard InChI is InChI=1S/C19H22Cl2N2O3/c1-26-12-15(24)9-10-22-19(25)23-18(13-5-3-2-4-6-13)14-7-8-16(20)17(21)11-14/h2-8,11,15,18,24H,9-10,12H2,1H3,(H2,22,23,25). The Kier molecular flexibility index (Phi) is 8.19. The Morgan fingerprint density at radius 2 is 1.85 bits per heavy atom. The van der Waals surface area contributed by atoms with Crippen molar-refractivity contribution in [3.05, 3.63) is 69.7 Å². The van der Waals surface area contributed by atoms with E-state index in [9.17, 15) is 9.90 Å². The maximum Gasteiger partial charge on any atom is 0.315 e. The van der Waals surface area contributed by atoms with Crippen LogP contribution in [0, 0.1) is 0 Å². The molecule has 0 spiro atoms. The second-order valence-electron chi connectivity index (χ2n) is 5.82. The summed E-state index contributed by atoms with van der Waals surface area (Å²) in [5, 5.41) is 16.2. The number of aliphatic hydroxyl groups is 1. The zero-order valence-corrected chi connectivity index (χ0v) is 15.9. The summed E-state index contributed by atoms with van der Waals surface area (Å²) in [5.41, 5.74) is 1.74. The molecule has 0 aliphatic heterocycles. The number of hydrogen-bond acceptors (Lipinski definition) is 3. The van der Waals surface area contributed by atoms with E-state index in [1.807, 2.05) is 36.4 Å². The zero-order valence-electron chi connectivity index (χ0n) is 14.4. The van der Waals surface area contributed by atoms with Crippen molar-refractivity contribution in [2.45, 2.75) is 18.6 Å². The normalized spacial score (nSPS) is 13.1. The van der Waals surface area contributed by atoms with Gasteiger partial charge in [0.2, 0.25) is 0 Å². The van der Waals surface area contributed by atoms with Crippen molar-refractivity contribution in [1.82, 2.24) is 10.6 Å². The lowest BCUT2D eigenvalue weighted by Gasteiger charge is -2.21. The SMILES string of the molecule is COCC(O)CCNC(=O)NC(c1ccccc1)c1ccc(Cl)c(Cl)c1. The molecule has 0 fully saturated rings. The van der Waals surface area contributed by atoms with Gasteiger partial charge in [0, 0.05) is 13.7 Å². The van der Waals surface area contributed by atoms with E-state index < -0.39 is 6.10 Å². The first-order valence-corrected chi connectivity index (χ1v) is 8.98. The molecule has 0 radical (unpaired) electrons. The van der Waals surface area contributed by atoms with Crippen LogP contribution < -0.4 is 10.6 Å². The number of urea groups is 1. The van der Waals surface area contributed by atoms with Gasteiger partial charge < -0.3 is 20.5 Å². The number of rotatable bonds is 8. The summed E-state index contributed by atoms with van der Waals surface area (Å²) in [7, 11) is 1.52. The summed E-state index contributed by atoms with van der Waals surface area (Å²) in [6, 6.07) is 14.1. The van der Waals surface area contributed by atoms with Gasteiger partial charge >= 0.3 is 6.03 Å². The molecule has 2 rings (SSSR count). The monoisotopic (exact) mass is 396 g/mol. The first kappa shape index (κ1) is 20.5. The van der Waals surface area contributed by atoms with E-state index in [0.717, 1.165) is 11.1 Å². The van der Waals surface area contributed by atoms with Gasteiger partial charge in [0.1, 0.15) is 0 Å². The van der Waals surface area contributed by atoms with Gasteiger partial charge in [0.15, 0.2) is 0 Å². The second kappa shape index (κ2) is 10.4. The van der Waals surface area contributed by atoms with Crippen LogP contribution in [0.15, 0.2) is 48.5 Å². The average molecular weight is 397 g/mol. The number of carbonyl (C=O) groups excluding carboxylic acids is 1. The molecule has 2 aromatic carbocycles. The third kappa shape index (κ3) is 6.18. The first-order chi connectivity index (χ1) is 12.5. The molecule has 0 aliphatic rings. The summed E-state index contributed by atoms with van der Waals surface area (Å²) < 4.78 is 4.86. The number of nitrogens with one attached hydrogen (secondary N) is 2. The highest BCUT2D eigenvalue weighted by atomic mass is 35.5. The minimum Gasteiger partial charge on any atom is -0.391 e. The summed E-state index contributed by atoms with van der Waals surface area (Å²) in [5.74, 6) is 0. The van der Waals surface area contributed by atoms with Crippen LogP contribution in [-0.2, 0) is 4.74 Å². The number of ether oxygens (including phenoxy) is 1. The first-order valence-electron chi connectivity index (χ1n) is 8.22. The lowest BCUT2D eigenvalue weighted by atomic mass is 9.99. The van der Waals surface area contributed by atoms with Crippen LogP contribution in [0.1, 0.15) is 23.6 Å². The molecule has 0 heterocycles. The van der Waals surface area contributed by atoms with Gasteiger partial charge in [-0.3, -0.25) is 0 Å². The highest BCUT2D eigenvalue weighted by Gasteiger charge is 2.18. The quantitative estimate of drug-likeness (QED) is 0.635. The average Bonchev–Trinajstić information content (AvgIpc) is 2.63. The molecular weight excluding hydrogens is 375 g/mol. The zero-order chi connectivity index (χ0) is 18.9. The van der Waals surface area contributed by atoms with E-state index in [4.69, 9.17) is 27.9 Å². The molecule has 7 heteroatoms. The Hall–Kier alpha value is -1.79. The third-order valence-electron chi connectivity index (χ3n) is 3.81. The Labute approximate surface area is 163 Å². The second-order valence-corrected chi connectivity index (χ2v) is 6.63. The summed E-state index contributed by atoms with van der Waals surface area (Å²) in [6.45, 7) is 0.568. The molecule has 3 N–H and O–H groups in total. The summed E-state index contributed by atoms with van der Waals surface area (Å²) >= 11 is 12.1. The van der Waals surface area contributed by atoms with Crippen molar-refractivity contribution in [1.29, 1.82) is 0 Å². The highest BCUT2D eigenvalue weighted by Crippen LogP contribution is 2.28. The molecule has 2 atom stereocenters.